The van der Waals surface area contributed by atoms with Crippen LogP contribution in [-0.4, -0.2) is 26.9 Å². The number of benzene rings is 2. The number of sulfonamides is 1. The highest BCUT2D eigenvalue weighted by Crippen LogP contribution is 2.27. The lowest BCUT2D eigenvalue weighted by Gasteiger charge is -2.16. The van der Waals surface area contributed by atoms with Gasteiger partial charge in [-0.15, -0.1) is 0 Å². The van der Waals surface area contributed by atoms with E-state index in [9.17, 15) is 22.4 Å². The molecule has 0 aliphatic rings. The lowest BCUT2D eigenvalue weighted by Crippen LogP contribution is -2.23. The molecule has 0 fully saturated rings. The number of primary sulfonamides is 1. The van der Waals surface area contributed by atoms with Crippen molar-refractivity contribution in [3.05, 3.63) is 58.9 Å². The molecule has 0 unspecified atom stereocenters. The molecule has 3 N–H and O–H groups in total. The molecule has 7 nitrogen and oxygen atoms in total. The second kappa shape index (κ2) is 8.49. The van der Waals surface area contributed by atoms with E-state index in [0.29, 0.717) is 5.69 Å². The van der Waals surface area contributed by atoms with Crippen LogP contribution in [0.5, 0.6) is 0 Å². The molecule has 0 aliphatic heterocycles. The summed E-state index contributed by atoms with van der Waals surface area (Å²) >= 11 is 0. The molecule has 2 aromatic rings. The summed E-state index contributed by atoms with van der Waals surface area (Å²) in [7, 11) is -4.12. The fourth-order valence-corrected chi connectivity index (χ4v) is 3.10. The number of carbonyl (C=O) groups is 2. The predicted molar refractivity (Wildman–Crippen MR) is 102 cm³/mol. The molecule has 1 amide bonds. The van der Waals surface area contributed by atoms with E-state index in [4.69, 9.17) is 9.88 Å². The quantitative estimate of drug-likeness (QED) is 0.713. The largest absolute Gasteiger partial charge is 0.452 e. The number of amides is 1. The third-order valence-electron chi connectivity index (χ3n) is 4.01. The molecule has 0 atom stereocenters. The van der Waals surface area contributed by atoms with Crippen molar-refractivity contribution in [2.75, 3.05) is 11.9 Å². The summed E-state index contributed by atoms with van der Waals surface area (Å²) in [4.78, 5) is 23.8. The lowest BCUT2D eigenvalue weighted by atomic mass is 9.98. The molecule has 0 saturated heterocycles. The molecular weight excluding hydrogens is 387 g/mol. The number of anilines is 1. The first-order valence-corrected chi connectivity index (χ1v) is 9.94. The highest BCUT2D eigenvalue weighted by molar-refractivity contribution is 7.89. The van der Waals surface area contributed by atoms with Gasteiger partial charge < -0.3 is 10.1 Å². The van der Waals surface area contributed by atoms with E-state index < -0.39 is 44.8 Å². The van der Waals surface area contributed by atoms with Gasteiger partial charge in [0.05, 0.1) is 10.5 Å². The molecule has 0 aromatic heterocycles. The SMILES string of the molecule is Cc1cccc(C(C)C)c1NC(=O)COC(=O)c1cc(S(N)(=O)=O)ccc1F. The summed E-state index contributed by atoms with van der Waals surface area (Å²) in [6, 6.07) is 8.08. The average molecular weight is 408 g/mol. The zero-order chi connectivity index (χ0) is 21.1. The van der Waals surface area contributed by atoms with Gasteiger partial charge in [0.2, 0.25) is 10.0 Å². The van der Waals surface area contributed by atoms with Gasteiger partial charge in [-0.05, 0) is 42.2 Å². The summed E-state index contributed by atoms with van der Waals surface area (Å²) < 4.78 is 41.4. The van der Waals surface area contributed by atoms with Crippen molar-refractivity contribution in [3.8, 4) is 0 Å². The van der Waals surface area contributed by atoms with Crippen LogP contribution in [0, 0.1) is 12.7 Å². The normalized spacial score (nSPS) is 11.4. The van der Waals surface area contributed by atoms with E-state index in [1.807, 2.05) is 39.0 Å². The monoisotopic (exact) mass is 408 g/mol. The number of esters is 1. The second-order valence-electron chi connectivity index (χ2n) is 6.50. The van der Waals surface area contributed by atoms with E-state index in [1.165, 1.54) is 0 Å². The topological polar surface area (TPSA) is 116 Å². The number of nitrogens with one attached hydrogen (secondary N) is 1. The molecule has 0 heterocycles. The predicted octanol–water partition coefficient (Wildman–Crippen LogP) is 2.70. The zero-order valence-corrected chi connectivity index (χ0v) is 16.5. The van der Waals surface area contributed by atoms with E-state index in [1.54, 1.807) is 0 Å². The summed E-state index contributed by atoms with van der Waals surface area (Å²) in [6.07, 6.45) is 0. The molecule has 0 radical (unpaired) electrons. The van der Waals surface area contributed by atoms with Crippen molar-refractivity contribution in [1.82, 2.24) is 0 Å². The van der Waals surface area contributed by atoms with E-state index in [-0.39, 0.29) is 5.92 Å². The van der Waals surface area contributed by atoms with Gasteiger partial charge in [-0.3, -0.25) is 4.79 Å². The third-order valence-corrected chi connectivity index (χ3v) is 4.92. The Kier molecular flexibility index (Phi) is 6.52. The van der Waals surface area contributed by atoms with Crippen LogP contribution in [-0.2, 0) is 19.6 Å². The maximum Gasteiger partial charge on any atom is 0.341 e. The minimum absolute atomic E-state index is 0.160. The average Bonchev–Trinajstić information content (AvgIpc) is 2.60. The first kappa shape index (κ1) is 21.5. The van der Waals surface area contributed by atoms with Gasteiger partial charge in [0.25, 0.3) is 5.91 Å². The first-order chi connectivity index (χ1) is 13.0. The number of hydrogen-bond acceptors (Lipinski definition) is 5. The lowest BCUT2D eigenvalue weighted by molar-refractivity contribution is -0.119. The molecule has 0 bridgehead atoms. The van der Waals surface area contributed by atoms with Crippen LogP contribution < -0.4 is 10.5 Å². The van der Waals surface area contributed by atoms with Crippen LogP contribution in [0.25, 0.3) is 0 Å². The molecule has 150 valence electrons. The molecule has 9 heteroatoms. The van der Waals surface area contributed by atoms with Gasteiger partial charge in [0.1, 0.15) is 5.82 Å². The van der Waals surface area contributed by atoms with Gasteiger partial charge in [-0.2, -0.15) is 0 Å². The Morgan fingerprint density at radius 3 is 2.50 bits per heavy atom. The zero-order valence-electron chi connectivity index (χ0n) is 15.7. The number of nitrogens with two attached hydrogens (primary N) is 1. The Balaban J connectivity index is 2.11. The Bertz CT molecular complexity index is 1020. The summed E-state index contributed by atoms with van der Waals surface area (Å²) in [5.74, 6) is -2.61. The van der Waals surface area contributed by atoms with Crippen molar-refractivity contribution in [2.24, 2.45) is 5.14 Å². The minimum atomic E-state index is -4.12. The van der Waals surface area contributed by atoms with Crippen LogP contribution in [0.15, 0.2) is 41.3 Å². The molecule has 2 aromatic carbocycles. The van der Waals surface area contributed by atoms with Crippen LogP contribution >= 0.6 is 0 Å². The first-order valence-electron chi connectivity index (χ1n) is 8.39. The molecule has 28 heavy (non-hydrogen) atoms. The minimum Gasteiger partial charge on any atom is -0.452 e. The van der Waals surface area contributed by atoms with Crippen LogP contribution in [0.2, 0.25) is 0 Å². The fraction of sp³-hybridized carbons (Fsp3) is 0.263. The second-order valence-corrected chi connectivity index (χ2v) is 8.07. The Labute approximate surface area is 162 Å². The van der Waals surface area contributed by atoms with Crippen molar-refractivity contribution >= 4 is 27.6 Å². The highest BCUT2D eigenvalue weighted by atomic mass is 32.2. The highest BCUT2D eigenvalue weighted by Gasteiger charge is 2.19. The maximum atomic E-state index is 13.8. The van der Waals surface area contributed by atoms with Crippen molar-refractivity contribution in [2.45, 2.75) is 31.6 Å². The maximum absolute atomic E-state index is 13.8. The molecule has 2 rings (SSSR count). The molecular formula is C19H21FN2O5S. The van der Waals surface area contributed by atoms with Crippen LogP contribution in [0.4, 0.5) is 10.1 Å². The number of rotatable bonds is 6. The van der Waals surface area contributed by atoms with Gasteiger partial charge in [0.15, 0.2) is 6.61 Å². The number of aryl methyl sites for hydroxylation is 1. The Morgan fingerprint density at radius 1 is 1.21 bits per heavy atom. The summed E-state index contributed by atoms with van der Waals surface area (Å²) in [5.41, 5.74) is 1.77. The van der Waals surface area contributed by atoms with E-state index in [0.717, 1.165) is 29.3 Å². The van der Waals surface area contributed by atoms with E-state index in [2.05, 4.69) is 5.32 Å². The van der Waals surface area contributed by atoms with Crippen molar-refractivity contribution < 1.29 is 27.1 Å². The van der Waals surface area contributed by atoms with Gasteiger partial charge >= 0.3 is 5.97 Å². The number of carbonyl (C=O) groups excluding carboxylic acids is 2. The Morgan fingerprint density at radius 2 is 1.89 bits per heavy atom. The summed E-state index contributed by atoms with van der Waals surface area (Å²) in [6.45, 7) is 5.13. The smallest absolute Gasteiger partial charge is 0.341 e. The number of ether oxygens (including phenoxy) is 1. The van der Waals surface area contributed by atoms with Gasteiger partial charge in [0, 0.05) is 5.69 Å². The van der Waals surface area contributed by atoms with Crippen LogP contribution in [0.3, 0.4) is 0 Å². The Hall–Kier alpha value is -2.78. The number of halogens is 1. The van der Waals surface area contributed by atoms with Crippen molar-refractivity contribution in [1.29, 1.82) is 0 Å². The van der Waals surface area contributed by atoms with Crippen molar-refractivity contribution in [3.63, 3.8) is 0 Å². The summed E-state index contributed by atoms with van der Waals surface area (Å²) in [5, 5.41) is 7.66. The van der Waals surface area contributed by atoms with Gasteiger partial charge in [-0.1, -0.05) is 32.0 Å². The fourth-order valence-electron chi connectivity index (χ4n) is 2.56. The van der Waals surface area contributed by atoms with Crippen LogP contribution in [0.1, 0.15) is 41.3 Å². The molecule has 0 saturated carbocycles. The number of hydrogen-bond donors (Lipinski definition) is 2. The standard InChI is InChI=1S/C19H21FN2O5S/c1-11(2)14-6-4-5-12(3)18(14)22-17(23)10-27-19(24)15-9-13(28(21,25)26)7-8-16(15)20/h4-9,11H,10H2,1-3H3,(H,22,23)(H2,21,25,26). The number of para-hydroxylation sites is 1. The molecule has 0 aliphatic carbocycles. The van der Waals surface area contributed by atoms with Gasteiger partial charge in [-0.25, -0.2) is 22.7 Å². The van der Waals surface area contributed by atoms with E-state index >= 15 is 0 Å². The third kappa shape index (κ3) is 5.14. The molecule has 0 spiro atoms.